The van der Waals surface area contributed by atoms with Gasteiger partial charge < -0.3 is 24.3 Å². The lowest BCUT2D eigenvalue weighted by Gasteiger charge is -2.19. The number of carbonyl (C=O) groups excluding carboxylic acids is 1. The minimum atomic E-state index is -0.423. The van der Waals surface area contributed by atoms with Crippen LogP contribution >= 0.6 is 0 Å². The number of rotatable bonds is 34. The Balaban J connectivity index is 1.53. The van der Waals surface area contributed by atoms with E-state index in [1.165, 1.54) is 70.2 Å². The van der Waals surface area contributed by atoms with Gasteiger partial charge in [0, 0.05) is 34.1 Å². The molecule has 0 radical (unpaired) electrons. The summed E-state index contributed by atoms with van der Waals surface area (Å²) in [6.45, 7) is 24.3. The topological polar surface area (TPSA) is 113 Å². The van der Waals surface area contributed by atoms with Crippen LogP contribution in [0.4, 0.5) is 10.5 Å². The van der Waals surface area contributed by atoms with E-state index < -0.39 is 6.03 Å². The van der Waals surface area contributed by atoms with Crippen LogP contribution in [-0.4, -0.2) is 42.1 Å². The normalized spacial score (nSPS) is 13.3. The quantitative estimate of drug-likeness (QED) is 0.0354. The molecule has 2 N–H and O–H groups in total. The molecule has 10 heteroatoms. The van der Waals surface area contributed by atoms with Crippen molar-refractivity contribution >= 4 is 36.0 Å². The monoisotopic (exact) mass is 975 g/mol. The maximum Gasteiger partial charge on any atom is 0.338 e. The third-order valence-electron chi connectivity index (χ3n) is 13.6. The van der Waals surface area contributed by atoms with Gasteiger partial charge in [0.2, 0.25) is 0 Å². The summed E-state index contributed by atoms with van der Waals surface area (Å²) in [6.07, 6.45) is 28.2. The van der Waals surface area contributed by atoms with E-state index in [9.17, 15) is 9.59 Å². The van der Waals surface area contributed by atoms with E-state index in [4.69, 9.17) is 18.9 Å². The summed E-state index contributed by atoms with van der Waals surface area (Å²) in [5, 5.41) is 2.93. The first-order chi connectivity index (χ1) is 34.3. The summed E-state index contributed by atoms with van der Waals surface area (Å²) in [6, 6.07) is 17.1. The highest BCUT2D eigenvalue weighted by molar-refractivity contribution is 5.95. The molecule has 0 bridgehead atoms. The largest absolute Gasteiger partial charge is 0.493 e. The third kappa shape index (κ3) is 21.4. The van der Waals surface area contributed by atoms with Crippen LogP contribution in [0.5, 0.6) is 23.0 Å². The second-order valence-corrected chi connectivity index (χ2v) is 20.1. The van der Waals surface area contributed by atoms with Crippen molar-refractivity contribution in [2.45, 2.75) is 172 Å². The van der Waals surface area contributed by atoms with Gasteiger partial charge in [-0.05, 0) is 91.0 Å². The van der Waals surface area contributed by atoms with Crippen molar-refractivity contribution in [2.24, 2.45) is 23.7 Å². The molecule has 0 aliphatic heterocycles. The minimum Gasteiger partial charge on any atom is -0.493 e. The van der Waals surface area contributed by atoms with Gasteiger partial charge in [-0.25, -0.2) is 14.9 Å². The average Bonchev–Trinajstić information content (AvgIpc) is 3.37. The number of carbonyl (C=O) groups is 1. The molecule has 4 rings (SSSR count). The molecule has 71 heavy (non-hydrogen) atoms. The van der Waals surface area contributed by atoms with E-state index >= 15 is 0 Å². The fourth-order valence-corrected chi connectivity index (χ4v) is 7.60. The van der Waals surface area contributed by atoms with E-state index in [1.54, 1.807) is 4.68 Å². The molecule has 2 amide bonds. The number of hydrogen-bond donors (Lipinski definition) is 2. The summed E-state index contributed by atoms with van der Waals surface area (Å²) in [5.74, 6) is 4.85. The molecule has 0 aliphatic rings. The van der Waals surface area contributed by atoms with Gasteiger partial charge >= 0.3 is 6.03 Å². The lowest BCUT2D eigenvalue weighted by molar-refractivity contribution is 0.248. The van der Waals surface area contributed by atoms with Crippen molar-refractivity contribution < 1.29 is 23.7 Å². The third-order valence-corrected chi connectivity index (χ3v) is 13.6. The molecule has 1 heterocycles. The number of ether oxygens (including phenoxy) is 4. The van der Waals surface area contributed by atoms with Crippen molar-refractivity contribution in [1.29, 1.82) is 0 Å². The number of aromatic nitrogens is 2. The zero-order valence-electron chi connectivity index (χ0n) is 45.4. The maximum absolute atomic E-state index is 13.2. The Hall–Kier alpha value is -5.51. The Kier molecular flexibility index (Phi) is 26.5. The highest BCUT2D eigenvalue weighted by Crippen LogP contribution is 2.36. The summed E-state index contributed by atoms with van der Waals surface area (Å²) in [4.78, 5) is 29.3. The SMILES string of the molecule is CCCCCCCCCCCCCc1cc(=O)ncn1NC(=O)Nc1ccc(/C=C/c2cc(OC[C@@H](C)CC)c(/C=C/c3cc(OC[C@@H](C)CC)c(C)cc3OC[C@@H](C)CC)cc2OC[C@@H](C)CC)cc1. The van der Waals surface area contributed by atoms with E-state index in [1.807, 2.05) is 30.3 Å². The van der Waals surface area contributed by atoms with Crippen LogP contribution in [0.15, 0.2) is 65.7 Å². The van der Waals surface area contributed by atoms with E-state index in [0.29, 0.717) is 62.2 Å². The molecule has 0 spiro atoms. The zero-order valence-corrected chi connectivity index (χ0v) is 45.4. The second kappa shape index (κ2) is 32.5. The lowest BCUT2D eigenvalue weighted by atomic mass is 10.0. The van der Waals surface area contributed by atoms with Crippen LogP contribution < -0.4 is 35.2 Å². The average molecular weight is 975 g/mol. The number of urea groups is 1. The highest BCUT2D eigenvalue weighted by Gasteiger charge is 2.16. The van der Waals surface area contributed by atoms with Gasteiger partial charge in [0.1, 0.15) is 29.3 Å². The number of benzene rings is 3. The summed E-state index contributed by atoms with van der Waals surface area (Å²) >= 11 is 0. The predicted octanol–water partition coefficient (Wildman–Crippen LogP) is 16.2. The molecule has 4 atom stereocenters. The van der Waals surface area contributed by atoms with E-state index in [0.717, 1.165) is 95.0 Å². The summed E-state index contributed by atoms with van der Waals surface area (Å²) in [5.41, 5.74) is 8.67. The number of unbranched alkanes of at least 4 members (excludes halogenated alkanes) is 10. The molecule has 0 saturated carbocycles. The first kappa shape index (κ1) is 58.1. The smallest absolute Gasteiger partial charge is 0.338 e. The zero-order chi connectivity index (χ0) is 51.4. The molecule has 0 saturated heterocycles. The maximum atomic E-state index is 13.2. The first-order valence-electron chi connectivity index (χ1n) is 27.3. The molecule has 1 aromatic heterocycles. The molecule has 390 valence electrons. The van der Waals surface area contributed by atoms with Crippen molar-refractivity contribution in [3.05, 3.63) is 105 Å². The van der Waals surface area contributed by atoms with Gasteiger partial charge in [-0.15, -0.1) is 0 Å². The molecule has 0 unspecified atom stereocenters. The summed E-state index contributed by atoms with van der Waals surface area (Å²) < 4.78 is 27.6. The van der Waals surface area contributed by atoms with Crippen LogP contribution in [0.3, 0.4) is 0 Å². The van der Waals surface area contributed by atoms with Gasteiger partial charge in [-0.1, -0.05) is 189 Å². The fraction of sp³-hybridized carbons (Fsp3) is 0.557. The molecule has 0 fully saturated rings. The van der Waals surface area contributed by atoms with Crippen LogP contribution in [0.2, 0.25) is 0 Å². The van der Waals surface area contributed by atoms with Gasteiger partial charge in [-0.2, -0.15) is 4.98 Å². The molecular formula is C61H90N4O6. The Bertz CT molecular complexity index is 2280. The molecule has 0 aliphatic carbocycles. The Morgan fingerprint density at radius 3 is 1.46 bits per heavy atom. The molecule has 3 aromatic carbocycles. The van der Waals surface area contributed by atoms with Crippen LogP contribution in [0.1, 0.15) is 192 Å². The molecule has 4 aromatic rings. The van der Waals surface area contributed by atoms with Crippen molar-refractivity contribution in [1.82, 2.24) is 9.66 Å². The van der Waals surface area contributed by atoms with Gasteiger partial charge in [0.15, 0.2) is 0 Å². The van der Waals surface area contributed by atoms with Crippen molar-refractivity contribution in [2.75, 3.05) is 37.2 Å². The number of anilines is 1. The standard InChI is InChI=1S/C61H90N4O6/c1-11-16-17-18-19-20-21-22-23-24-25-26-55-39-60(66)62-44-65(55)64-61(67)63-54-33-28-50(29-34-54)27-30-51-37-59(71-43-48(9)15-5)53(38-58(51)70-42-47(8)14-4)32-31-52-36-56(68-40-45(6)12-2)49(10)35-57(52)69-41-46(7)13-3/h27-39,44-48H,11-26,40-43H2,1-10H3,(H2,63,64,67)/b30-27+,32-31+/t45-,46-,47-,48-/m0/s1. The fourth-order valence-electron chi connectivity index (χ4n) is 7.60. The number of aryl methyl sites for hydroxylation is 2. The van der Waals surface area contributed by atoms with Crippen LogP contribution in [0.25, 0.3) is 24.3 Å². The Morgan fingerprint density at radius 2 is 0.986 bits per heavy atom. The van der Waals surface area contributed by atoms with Crippen LogP contribution in [0, 0.1) is 30.6 Å². The number of nitrogens with zero attached hydrogens (tertiary/aromatic N) is 2. The van der Waals surface area contributed by atoms with E-state index in [2.05, 4.69) is 127 Å². The Labute approximate surface area is 428 Å². The lowest BCUT2D eigenvalue weighted by Crippen LogP contribution is -2.31. The Morgan fingerprint density at radius 1 is 0.563 bits per heavy atom. The van der Waals surface area contributed by atoms with E-state index in [-0.39, 0.29) is 5.56 Å². The number of amides is 2. The number of nitrogens with one attached hydrogen (secondary N) is 2. The number of hydrogen-bond acceptors (Lipinski definition) is 7. The van der Waals surface area contributed by atoms with Crippen molar-refractivity contribution in [3.63, 3.8) is 0 Å². The molecule has 10 nitrogen and oxygen atoms in total. The van der Waals surface area contributed by atoms with Gasteiger partial charge in [0.25, 0.3) is 5.56 Å². The predicted molar refractivity (Wildman–Crippen MR) is 299 cm³/mol. The highest BCUT2D eigenvalue weighted by atomic mass is 16.5. The molecular weight excluding hydrogens is 885 g/mol. The minimum absolute atomic E-state index is 0.311. The summed E-state index contributed by atoms with van der Waals surface area (Å²) in [7, 11) is 0. The second-order valence-electron chi connectivity index (χ2n) is 20.1. The first-order valence-corrected chi connectivity index (χ1v) is 27.3. The van der Waals surface area contributed by atoms with Gasteiger partial charge in [0.05, 0.1) is 26.4 Å². The van der Waals surface area contributed by atoms with Crippen molar-refractivity contribution in [3.8, 4) is 23.0 Å². The van der Waals surface area contributed by atoms with Gasteiger partial charge in [-0.3, -0.25) is 4.79 Å². The van der Waals surface area contributed by atoms with Crippen LogP contribution in [-0.2, 0) is 6.42 Å².